The molecule has 0 fully saturated rings. The molecule has 0 unspecified atom stereocenters. The number of fused-ring (bicyclic) bond motifs is 1. The van der Waals surface area contributed by atoms with Crippen molar-refractivity contribution in [2.75, 3.05) is 0 Å². The van der Waals surface area contributed by atoms with Gasteiger partial charge in [-0.3, -0.25) is 0 Å². The Morgan fingerprint density at radius 1 is 1.31 bits per heavy atom. The molecule has 2 rings (SSSR count). The third kappa shape index (κ3) is 2.01. The van der Waals surface area contributed by atoms with E-state index in [0.717, 1.165) is 6.42 Å². The predicted octanol–water partition coefficient (Wildman–Crippen LogP) is 3.31. The third-order valence-electron chi connectivity index (χ3n) is 3.00. The lowest BCUT2D eigenvalue weighted by molar-refractivity contribution is -0.116. The molecule has 1 heterocycles. The van der Waals surface area contributed by atoms with E-state index in [4.69, 9.17) is 0 Å². The third-order valence-corrected chi connectivity index (χ3v) is 3.00. The second-order valence-corrected chi connectivity index (χ2v) is 4.48. The number of benzene rings is 1. The van der Waals surface area contributed by atoms with E-state index >= 15 is 0 Å². The molecule has 1 N–H and O–H groups in total. The average Bonchev–Trinajstić information content (AvgIpc) is 2.51. The van der Waals surface area contributed by atoms with Crippen molar-refractivity contribution < 1.29 is 4.79 Å². The molecule has 2 nitrogen and oxygen atoms in total. The van der Waals surface area contributed by atoms with Crippen LogP contribution in [-0.2, 0) is 11.2 Å². The number of aromatic amines is 1. The molecule has 0 bridgehead atoms. The van der Waals surface area contributed by atoms with Crippen LogP contribution in [0.3, 0.4) is 0 Å². The van der Waals surface area contributed by atoms with Crippen molar-refractivity contribution in [3.05, 3.63) is 35.0 Å². The summed E-state index contributed by atoms with van der Waals surface area (Å²) in [5, 5.41) is 1.26. The Bertz CT molecular complexity index is 537. The summed E-state index contributed by atoms with van der Waals surface area (Å²) in [5.41, 5.74) is 4.90. The van der Waals surface area contributed by atoms with Gasteiger partial charge in [-0.15, -0.1) is 0 Å². The van der Waals surface area contributed by atoms with Crippen molar-refractivity contribution in [3.63, 3.8) is 0 Å². The zero-order valence-electron chi connectivity index (χ0n) is 10.1. The molecule has 84 valence electrons. The van der Waals surface area contributed by atoms with E-state index in [0.29, 0.717) is 6.42 Å². The zero-order chi connectivity index (χ0) is 11.7. The van der Waals surface area contributed by atoms with Gasteiger partial charge in [0.05, 0.1) is 0 Å². The van der Waals surface area contributed by atoms with Gasteiger partial charge in [0, 0.05) is 23.0 Å². The quantitative estimate of drug-likeness (QED) is 0.837. The number of hydrogen-bond donors (Lipinski definition) is 1. The Hall–Kier alpha value is -1.57. The van der Waals surface area contributed by atoms with Gasteiger partial charge in [-0.25, -0.2) is 0 Å². The Labute approximate surface area is 95.7 Å². The first-order valence-corrected chi connectivity index (χ1v) is 5.65. The van der Waals surface area contributed by atoms with Crippen LogP contribution in [0.25, 0.3) is 10.9 Å². The highest BCUT2D eigenvalue weighted by Gasteiger charge is 2.08. The summed E-state index contributed by atoms with van der Waals surface area (Å²) in [5.74, 6) is 0.251. The standard InChI is InChI=1S/C14H17NO/c1-9-4-7-14-13(8-9)12(11(3)15-14)6-5-10(2)16/h4,7-8,15H,5-6H2,1-3H3. The van der Waals surface area contributed by atoms with Crippen molar-refractivity contribution in [1.29, 1.82) is 0 Å². The second kappa shape index (κ2) is 4.12. The largest absolute Gasteiger partial charge is 0.358 e. The van der Waals surface area contributed by atoms with Gasteiger partial charge in [-0.2, -0.15) is 0 Å². The van der Waals surface area contributed by atoms with Gasteiger partial charge in [0.1, 0.15) is 5.78 Å². The molecule has 0 radical (unpaired) electrons. The van der Waals surface area contributed by atoms with E-state index in [-0.39, 0.29) is 5.78 Å². The molecule has 16 heavy (non-hydrogen) atoms. The van der Waals surface area contributed by atoms with Gasteiger partial charge >= 0.3 is 0 Å². The molecule has 0 aliphatic carbocycles. The summed E-state index contributed by atoms with van der Waals surface area (Å²) in [6.45, 7) is 5.82. The number of Topliss-reactive ketones (excluding diaryl/α,β-unsaturated/α-hetero) is 1. The number of aryl methyl sites for hydroxylation is 3. The Kier molecular flexibility index (Phi) is 2.82. The van der Waals surface area contributed by atoms with Gasteiger partial charge in [0.25, 0.3) is 0 Å². The minimum Gasteiger partial charge on any atom is -0.358 e. The first kappa shape index (κ1) is 10.9. The maximum Gasteiger partial charge on any atom is 0.130 e. The molecule has 0 saturated heterocycles. The zero-order valence-corrected chi connectivity index (χ0v) is 10.1. The van der Waals surface area contributed by atoms with Crippen molar-refractivity contribution in [2.45, 2.75) is 33.6 Å². The second-order valence-electron chi connectivity index (χ2n) is 4.48. The Morgan fingerprint density at radius 3 is 2.75 bits per heavy atom. The monoisotopic (exact) mass is 215 g/mol. The van der Waals surface area contributed by atoms with Gasteiger partial charge in [0.2, 0.25) is 0 Å². The van der Waals surface area contributed by atoms with Crippen LogP contribution in [0.1, 0.15) is 30.2 Å². The average molecular weight is 215 g/mol. The molecule has 1 aromatic heterocycles. The fourth-order valence-electron chi connectivity index (χ4n) is 2.12. The Morgan fingerprint density at radius 2 is 2.06 bits per heavy atom. The summed E-state index contributed by atoms with van der Waals surface area (Å²) in [6.07, 6.45) is 1.46. The number of aromatic nitrogens is 1. The van der Waals surface area contributed by atoms with Crippen LogP contribution in [0, 0.1) is 13.8 Å². The minimum absolute atomic E-state index is 0.251. The predicted molar refractivity (Wildman–Crippen MR) is 66.8 cm³/mol. The first-order chi connectivity index (χ1) is 7.58. The molecular weight excluding hydrogens is 198 g/mol. The fraction of sp³-hybridized carbons (Fsp3) is 0.357. The topological polar surface area (TPSA) is 32.9 Å². The molecule has 0 saturated carbocycles. The maximum absolute atomic E-state index is 11.0. The number of rotatable bonds is 3. The van der Waals surface area contributed by atoms with Gasteiger partial charge in [-0.05, 0) is 44.9 Å². The van der Waals surface area contributed by atoms with E-state index in [2.05, 4.69) is 37.0 Å². The van der Waals surface area contributed by atoms with Crippen LogP contribution in [-0.4, -0.2) is 10.8 Å². The van der Waals surface area contributed by atoms with Gasteiger partial charge in [0.15, 0.2) is 0 Å². The molecule has 0 aliphatic heterocycles. The van der Waals surface area contributed by atoms with E-state index in [1.54, 1.807) is 6.92 Å². The number of nitrogens with one attached hydrogen (secondary N) is 1. The number of carbonyl (C=O) groups is 1. The highest BCUT2D eigenvalue weighted by molar-refractivity contribution is 5.86. The van der Waals surface area contributed by atoms with Crippen molar-refractivity contribution >= 4 is 16.7 Å². The lowest BCUT2D eigenvalue weighted by Crippen LogP contribution is -1.94. The van der Waals surface area contributed by atoms with Crippen molar-refractivity contribution in [2.24, 2.45) is 0 Å². The molecular formula is C14H17NO. The summed E-state index contributed by atoms with van der Waals surface area (Å²) in [7, 11) is 0. The van der Waals surface area contributed by atoms with E-state index in [9.17, 15) is 4.79 Å². The van der Waals surface area contributed by atoms with Crippen molar-refractivity contribution in [3.8, 4) is 0 Å². The van der Waals surface area contributed by atoms with E-state index in [1.807, 2.05) is 0 Å². The molecule has 0 atom stereocenters. The van der Waals surface area contributed by atoms with Crippen LogP contribution < -0.4 is 0 Å². The normalized spacial score (nSPS) is 10.9. The highest BCUT2D eigenvalue weighted by Crippen LogP contribution is 2.24. The molecule has 0 spiro atoms. The van der Waals surface area contributed by atoms with Crippen molar-refractivity contribution in [1.82, 2.24) is 4.98 Å². The SMILES string of the molecule is CC(=O)CCc1c(C)[nH]c2ccc(C)cc12. The summed E-state index contributed by atoms with van der Waals surface area (Å²) in [4.78, 5) is 14.4. The summed E-state index contributed by atoms with van der Waals surface area (Å²) < 4.78 is 0. The van der Waals surface area contributed by atoms with E-state index < -0.39 is 0 Å². The van der Waals surface area contributed by atoms with Crippen LogP contribution in [0.4, 0.5) is 0 Å². The molecule has 2 heteroatoms. The number of carbonyl (C=O) groups excluding carboxylic acids is 1. The lowest BCUT2D eigenvalue weighted by Gasteiger charge is -2.00. The van der Waals surface area contributed by atoms with Gasteiger partial charge < -0.3 is 9.78 Å². The summed E-state index contributed by atoms with van der Waals surface area (Å²) in [6, 6.07) is 6.40. The van der Waals surface area contributed by atoms with Gasteiger partial charge in [-0.1, -0.05) is 11.6 Å². The number of ketones is 1. The number of H-pyrrole nitrogens is 1. The first-order valence-electron chi connectivity index (χ1n) is 5.65. The summed E-state index contributed by atoms with van der Waals surface area (Å²) >= 11 is 0. The minimum atomic E-state index is 0.251. The molecule has 0 aliphatic rings. The van der Waals surface area contributed by atoms with Crippen LogP contribution >= 0.6 is 0 Å². The van der Waals surface area contributed by atoms with E-state index in [1.165, 1.54) is 27.7 Å². The smallest absolute Gasteiger partial charge is 0.130 e. The highest BCUT2D eigenvalue weighted by atomic mass is 16.1. The Balaban J connectivity index is 2.45. The molecule has 0 amide bonds. The molecule has 2 aromatic rings. The fourth-order valence-corrected chi connectivity index (χ4v) is 2.12. The lowest BCUT2D eigenvalue weighted by atomic mass is 10.0. The van der Waals surface area contributed by atoms with Crippen LogP contribution in [0.2, 0.25) is 0 Å². The maximum atomic E-state index is 11.0. The number of hydrogen-bond acceptors (Lipinski definition) is 1. The van der Waals surface area contributed by atoms with Crippen LogP contribution in [0.5, 0.6) is 0 Å². The van der Waals surface area contributed by atoms with Crippen LogP contribution in [0.15, 0.2) is 18.2 Å². The molecule has 1 aromatic carbocycles.